The number of hydrogen-bond donors (Lipinski definition) is 1. The Kier molecular flexibility index (Phi) is 5.98. The summed E-state index contributed by atoms with van der Waals surface area (Å²) in [6.45, 7) is 2.61. The lowest BCUT2D eigenvalue weighted by atomic mass is 10.1. The van der Waals surface area contributed by atoms with Crippen LogP contribution in [0.25, 0.3) is 0 Å². The summed E-state index contributed by atoms with van der Waals surface area (Å²) in [5.74, 6) is -4.80. The number of carbonyl (C=O) groups excluding carboxylic acids is 1. The van der Waals surface area contributed by atoms with Gasteiger partial charge in [-0.1, -0.05) is 31.2 Å². The first-order valence-electron chi connectivity index (χ1n) is 7.60. The molecule has 0 saturated heterocycles. The summed E-state index contributed by atoms with van der Waals surface area (Å²) in [4.78, 5) is 13.7. The third-order valence-electron chi connectivity index (χ3n) is 3.61. The van der Waals surface area contributed by atoms with Gasteiger partial charge in [-0.05, 0) is 36.7 Å². The third-order valence-corrected chi connectivity index (χ3v) is 3.61. The molecule has 6 heteroatoms. The van der Waals surface area contributed by atoms with Crippen molar-refractivity contribution in [1.29, 1.82) is 0 Å². The lowest BCUT2D eigenvalue weighted by Gasteiger charge is -2.17. The summed E-state index contributed by atoms with van der Waals surface area (Å²) in [5, 5.41) is 2.25. The minimum atomic E-state index is -1.60. The fourth-order valence-electron chi connectivity index (χ4n) is 2.31. The molecule has 0 fully saturated rings. The molecule has 0 aliphatic heterocycles. The van der Waals surface area contributed by atoms with Crippen LogP contribution in [0, 0.1) is 17.5 Å². The number of hydrogen-bond acceptors (Lipinski definition) is 2. The minimum absolute atomic E-state index is 0.00599. The fraction of sp³-hybridized carbons (Fsp3) is 0.278. The van der Waals surface area contributed by atoms with Gasteiger partial charge >= 0.3 is 0 Å². The van der Waals surface area contributed by atoms with Crippen molar-refractivity contribution >= 4 is 11.6 Å². The van der Waals surface area contributed by atoms with E-state index in [0.29, 0.717) is 6.54 Å². The van der Waals surface area contributed by atoms with Crippen LogP contribution in [0.4, 0.5) is 18.9 Å². The molecule has 0 saturated carbocycles. The van der Waals surface area contributed by atoms with Crippen LogP contribution in [-0.4, -0.2) is 24.4 Å². The molecular weight excluding hydrogens is 317 g/mol. The van der Waals surface area contributed by atoms with Crippen molar-refractivity contribution in [3.8, 4) is 0 Å². The Labute approximate surface area is 139 Å². The Morgan fingerprint density at radius 2 is 1.62 bits per heavy atom. The summed E-state index contributed by atoms with van der Waals surface area (Å²) in [6, 6.07) is 9.80. The van der Waals surface area contributed by atoms with E-state index in [2.05, 4.69) is 12.2 Å². The van der Waals surface area contributed by atoms with Gasteiger partial charge in [-0.3, -0.25) is 9.69 Å². The van der Waals surface area contributed by atoms with Gasteiger partial charge in [0.25, 0.3) is 0 Å². The Hall–Kier alpha value is -2.34. The van der Waals surface area contributed by atoms with Crippen molar-refractivity contribution in [2.45, 2.75) is 19.9 Å². The second kappa shape index (κ2) is 7.97. The Balaban J connectivity index is 1.92. The maximum absolute atomic E-state index is 13.5. The smallest absolute Gasteiger partial charge is 0.238 e. The third kappa shape index (κ3) is 4.58. The average molecular weight is 336 g/mol. The topological polar surface area (TPSA) is 32.3 Å². The highest BCUT2D eigenvalue weighted by Crippen LogP contribution is 2.19. The minimum Gasteiger partial charge on any atom is -0.322 e. The Morgan fingerprint density at radius 3 is 2.25 bits per heavy atom. The van der Waals surface area contributed by atoms with E-state index < -0.39 is 23.4 Å². The quantitative estimate of drug-likeness (QED) is 0.815. The number of carbonyl (C=O) groups is 1. The van der Waals surface area contributed by atoms with Gasteiger partial charge in [-0.25, -0.2) is 13.2 Å². The number of anilines is 1. The molecule has 0 atom stereocenters. The van der Waals surface area contributed by atoms with Crippen LogP contribution < -0.4 is 5.32 Å². The van der Waals surface area contributed by atoms with E-state index in [9.17, 15) is 18.0 Å². The highest BCUT2D eigenvalue weighted by Gasteiger charge is 2.16. The molecule has 1 N–H and O–H groups in total. The number of rotatable bonds is 6. The Bertz CT molecular complexity index is 717. The van der Waals surface area contributed by atoms with E-state index in [1.54, 1.807) is 11.9 Å². The van der Waals surface area contributed by atoms with Gasteiger partial charge < -0.3 is 5.32 Å². The second-order valence-electron chi connectivity index (χ2n) is 5.61. The number of halogens is 3. The zero-order valence-corrected chi connectivity index (χ0v) is 13.6. The van der Waals surface area contributed by atoms with Crippen molar-refractivity contribution in [3.05, 3.63) is 65.0 Å². The van der Waals surface area contributed by atoms with Crippen molar-refractivity contribution in [3.63, 3.8) is 0 Å². The Morgan fingerprint density at radius 1 is 1.00 bits per heavy atom. The van der Waals surface area contributed by atoms with Gasteiger partial charge in [0.1, 0.15) is 0 Å². The van der Waals surface area contributed by atoms with Gasteiger partial charge in [-0.2, -0.15) is 0 Å². The molecule has 0 heterocycles. The molecule has 0 spiro atoms. The monoisotopic (exact) mass is 336 g/mol. The first-order valence-corrected chi connectivity index (χ1v) is 7.60. The largest absolute Gasteiger partial charge is 0.322 e. The van der Waals surface area contributed by atoms with E-state index in [4.69, 9.17) is 0 Å². The standard InChI is InChI=1S/C18H19F3N2O/c1-3-12-4-6-13(7-5-12)10-23(2)11-16(24)22-15-9-8-14(19)17(20)18(15)21/h4-9H,3,10-11H2,1-2H3,(H,22,24). The van der Waals surface area contributed by atoms with E-state index in [1.165, 1.54) is 5.56 Å². The molecule has 0 aromatic heterocycles. The first kappa shape index (κ1) is 18.0. The highest BCUT2D eigenvalue weighted by molar-refractivity contribution is 5.92. The summed E-state index contributed by atoms with van der Waals surface area (Å²) >= 11 is 0. The van der Waals surface area contributed by atoms with E-state index in [1.807, 2.05) is 24.3 Å². The molecular formula is C18H19F3N2O. The normalized spacial score (nSPS) is 10.9. The van der Waals surface area contributed by atoms with Crippen molar-refractivity contribution < 1.29 is 18.0 Å². The number of likely N-dealkylation sites (N-methyl/N-ethyl adjacent to an activating group) is 1. The average Bonchev–Trinajstić information content (AvgIpc) is 2.56. The van der Waals surface area contributed by atoms with Crippen LogP contribution in [0.5, 0.6) is 0 Å². The van der Waals surface area contributed by atoms with Crippen molar-refractivity contribution in [1.82, 2.24) is 4.90 Å². The van der Waals surface area contributed by atoms with Crippen LogP contribution in [0.3, 0.4) is 0 Å². The molecule has 3 nitrogen and oxygen atoms in total. The van der Waals surface area contributed by atoms with Crippen LogP contribution in [-0.2, 0) is 17.8 Å². The zero-order valence-electron chi connectivity index (χ0n) is 13.6. The van der Waals surface area contributed by atoms with Gasteiger partial charge in [-0.15, -0.1) is 0 Å². The zero-order chi connectivity index (χ0) is 17.7. The molecule has 2 aromatic rings. The van der Waals surface area contributed by atoms with E-state index in [0.717, 1.165) is 24.1 Å². The molecule has 24 heavy (non-hydrogen) atoms. The van der Waals surface area contributed by atoms with Crippen LogP contribution in [0.2, 0.25) is 0 Å². The highest BCUT2D eigenvalue weighted by atomic mass is 19.2. The number of nitrogens with zero attached hydrogens (tertiary/aromatic N) is 1. The van der Waals surface area contributed by atoms with Gasteiger partial charge in [0.15, 0.2) is 17.5 Å². The maximum atomic E-state index is 13.5. The lowest BCUT2D eigenvalue weighted by Crippen LogP contribution is -2.30. The van der Waals surface area contributed by atoms with Gasteiger partial charge in [0.05, 0.1) is 12.2 Å². The summed E-state index contributed by atoms with van der Waals surface area (Å²) in [7, 11) is 1.74. The summed E-state index contributed by atoms with van der Waals surface area (Å²) < 4.78 is 39.5. The lowest BCUT2D eigenvalue weighted by molar-refractivity contribution is -0.117. The molecule has 2 rings (SSSR count). The number of amides is 1. The predicted octanol–water partition coefficient (Wildman–Crippen LogP) is 3.74. The molecule has 0 bridgehead atoms. The molecule has 2 aromatic carbocycles. The van der Waals surface area contributed by atoms with Crippen LogP contribution in [0.1, 0.15) is 18.1 Å². The maximum Gasteiger partial charge on any atom is 0.238 e. The van der Waals surface area contributed by atoms with Gasteiger partial charge in [0, 0.05) is 6.54 Å². The molecule has 0 radical (unpaired) electrons. The second-order valence-corrected chi connectivity index (χ2v) is 5.61. The first-order chi connectivity index (χ1) is 11.4. The molecule has 0 aliphatic rings. The van der Waals surface area contributed by atoms with Crippen LogP contribution in [0.15, 0.2) is 36.4 Å². The summed E-state index contributed by atoms with van der Waals surface area (Å²) in [6.07, 6.45) is 0.957. The molecule has 128 valence electrons. The number of benzene rings is 2. The predicted molar refractivity (Wildman–Crippen MR) is 87.1 cm³/mol. The van der Waals surface area contributed by atoms with Crippen LogP contribution >= 0.6 is 0 Å². The van der Waals surface area contributed by atoms with Crippen molar-refractivity contribution in [2.24, 2.45) is 0 Å². The SMILES string of the molecule is CCc1ccc(CN(C)CC(=O)Nc2ccc(F)c(F)c2F)cc1. The van der Waals surface area contributed by atoms with E-state index >= 15 is 0 Å². The summed E-state index contributed by atoms with van der Waals surface area (Å²) in [5.41, 5.74) is 1.90. The molecule has 0 unspecified atom stereocenters. The molecule has 0 aliphatic carbocycles. The number of nitrogens with one attached hydrogen (secondary N) is 1. The van der Waals surface area contributed by atoms with Gasteiger partial charge in [0.2, 0.25) is 5.91 Å². The fourth-order valence-corrected chi connectivity index (χ4v) is 2.31. The number of aryl methyl sites for hydroxylation is 1. The van der Waals surface area contributed by atoms with E-state index in [-0.39, 0.29) is 12.2 Å². The molecule has 1 amide bonds. The van der Waals surface area contributed by atoms with Crippen molar-refractivity contribution in [2.75, 3.05) is 18.9 Å².